The van der Waals surface area contributed by atoms with Crippen LogP contribution in [0.2, 0.25) is 5.02 Å². The van der Waals surface area contributed by atoms with Crippen LogP contribution in [0.15, 0.2) is 18.2 Å². The van der Waals surface area contributed by atoms with Gasteiger partial charge in [-0.05, 0) is 39.7 Å². The van der Waals surface area contributed by atoms with Gasteiger partial charge >= 0.3 is 0 Å². The number of para-hydroxylation sites is 1. The van der Waals surface area contributed by atoms with Crippen molar-refractivity contribution in [2.75, 3.05) is 13.1 Å². The molecule has 3 nitrogen and oxygen atoms in total. The summed E-state index contributed by atoms with van der Waals surface area (Å²) in [4.78, 5) is 2.53. The van der Waals surface area contributed by atoms with Crippen LogP contribution in [-0.4, -0.2) is 34.7 Å². The van der Waals surface area contributed by atoms with E-state index in [9.17, 15) is 5.11 Å². The van der Waals surface area contributed by atoms with Crippen molar-refractivity contribution in [1.29, 1.82) is 0 Å². The van der Waals surface area contributed by atoms with Crippen molar-refractivity contribution in [1.82, 2.24) is 10.2 Å². The number of nitrogens with zero attached hydrogens (tertiary/aromatic N) is 1. The summed E-state index contributed by atoms with van der Waals surface area (Å²) in [5.74, 6) is 0.203. The van der Waals surface area contributed by atoms with Crippen molar-refractivity contribution in [2.45, 2.75) is 51.7 Å². The van der Waals surface area contributed by atoms with Gasteiger partial charge in [-0.25, -0.2) is 0 Å². The van der Waals surface area contributed by atoms with Crippen molar-refractivity contribution >= 4 is 11.6 Å². The molecule has 1 aliphatic rings. The highest BCUT2D eigenvalue weighted by Gasteiger charge is 2.26. The van der Waals surface area contributed by atoms with E-state index in [4.69, 9.17) is 11.6 Å². The van der Waals surface area contributed by atoms with Crippen LogP contribution in [0.3, 0.4) is 0 Å². The van der Waals surface area contributed by atoms with Gasteiger partial charge in [0.05, 0.1) is 5.02 Å². The normalized spacial score (nSPS) is 18.4. The number of benzene rings is 1. The topological polar surface area (TPSA) is 35.5 Å². The molecule has 1 aromatic carbocycles. The predicted octanol–water partition coefficient (Wildman–Crippen LogP) is 3.40. The molecule has 0 aliphatic carbocycles. The van der Waals surface area contributed by atoms with Crippen molar-refractivity contribution < 1.29 is 5.11 Å². The van der Waals surface area contributed by atoms with Gasteiger partial charge in [-0.15, -0.1) is 0 Å². The molecule has 0 spiro atoms. The number of phenolic OH excluding ortho intramolecular Hbond substituents is 1. The van der Waals surface area contributed by atoms with Crippen LogP contribution in [0, 0.1) is 0 Å². The molecule has 2 rings (SSSR count). The van der Waals surface area contributed by atoms with Crippen LogP contribution in [0.5, 0.6) is 5.75 Å². The molecule has 0 unspecified atom stereocenters. The van der Waals surface area contributed by atoms with Gasteiger partial charge in [-0.2, -0.15) is 0 Å². The molecule has 0 aromatic heterocycles. The summed E-state index contributed by atoms with van der Waals surface area (Å²) in [6, 6.07) is 6.02. The molecule has 1 aromatic rings. The average Bonchev–Trinajstić information content (AvgIpc) is 2.40. The summed E-state index contributed by atoms with van der Waals surface area (Å²) in [5, 5.41) is 13.9. The van der Waals surface area contributed by atoms with Gasteiger partial charge in [0.1, 0.15) is 5.75 Å². The minimum absolute atomic E-state index is 0.203. The fourth-order valence-corrected chi connectivity index (χ4v) is 2.91. The van der Waals surface area contributed by atoms with E-state index in [1.165, 1.54) is 0 Å². The first kappa shape index (κ1) is 15.6. The molecule has 20 heavy (non-hydrogen) atoms. The Morgan fingerprint density at radius 2 is 1.95 bits per heavy atom. The van der Waals surface area contributed by atoms with Crippen molar-refractivity contribution in [2.24, 2.45) is 0 Å². The highest BCUT2D eigenvalue weighted by Crippen LogP contribution is 2.27. The lowest BCUT2D eigenvalue weighted by Gasteiger charge is -2.41. The average molecular weight is 297 g/mol. The second-order valence-corrected chi connectivity index (χ2v) is 6.97. The Kier molecular flexibility index (Phi) is 4.95. The molecule has 1 saturated heterocycles. The van der Waals surface area contributed by atoms with E-state index in [0.717, 1.165) is 31.5 Å². The molecule has 0 amide bonds. The molecular formula is C16H25ClN2O. The number of nitrogens with one attached hydrogen (secondary N) is 1. The largest absolute Gasteiger partial charge is 0.506 e. The summed E-state index contributed by atoms with van der Waals surface area (Å²) in [7, 11) is 0. The fourth-order valence-electron chi connectivity index (χ4n) is 2.71. The van der Waals surface area contributed by atoms with E-state index in [0.29, 0.717) is 17.6 Å². The van der Waals surface area contributed by atoms with E-state index in [-0.39, 0.29) is 11.3 Å². The number of hydrogen-bond donors (Lipinski definition) is 2. The second-order valence-electron chi connectivity index (χ2n) is 6.56. The maximum atomic E-state index is 9.90. The molecule has 0 radical (unpaired) electrons. The Morgan fingerprint density at radius 1 is 1.30 bits per heavy atom. The van der Waals surface area contributed by atoms with Crippen LogP contribution in [0.1, 0.15) is 39.2 Å². The zero-order chi connectivity index (χ0) is 14.8. The number of piperidine rings is 1. The van der Waals surface area contributed by atoms with Gasteiger partial charge in [0.25, 0.3) is 0 Å². The summed E-state index contributed by atoms with van der Waals surface area (Å²) >= 11 is 5.92. The first-order chi connectivity index (χ1) is 9.38. The number of phenols is 1. The predicted molar refractivity (Wildman–Crippen MR) is 84.3 cm³/mol. The SMILES string of the molecule is CC(C)(C)N1CCC(NCc2cccc(Cl)c2O)CC1. The summed E-state index contributed by atoms with van der Waals surface area (Å²) in [5.41, 5.74) is 1.13. The highest BCUT2D eigenvalue weighted by atomic mass is 35.5. The van der Waals surface area contributed by atoms with Crippen LogP contribution in [0.25, 0.3) is 0 Å². The number of hydrogen-bond acceptors (Lipinski definition) is 3. The van der Waals surface area contributed by atoms with Gasteiger partial charge in [0.15, 0.2) is 0 Å². The van der Waals surface area contributed by atoms with Crippen LogP contribution in [-0.2, 0) is 6.54 Å². The molecule has 112 valence electrons. The minimum atomic E-state index is 0.203. The first-order valence-electron chi connectivity index (χ1n) is 7.32. The number of likely N-dealkylation sites (tertiary alicyclic amines) is 1. The Balaban J connectivity index is 1.83. The monoisotopic (exact) mass is 296 g/mol. The standard InChI is InChI=1S/C16H25ClN2O/c1-16(2,3)19-9-7-13(8-10-19)18-11-12-5-4-6-14(17)15(12)20/h4-6,13,18,20H,7-11H2,1-3H3. The molecule has 1 fully saturated rings. The molecular weight excluding hydrogens is 272 g/mol. The van der Waals surface area contributed by atoms with Gasteiger partial charge in [0.2, 0.25) is 0 Å². The minimum Gasteiger partial charge on any atom is -0.506 e. The number of rotatable bonds is 3. The third kappa shape index (κ3) is 3.87. The maximum absolute atomic E-state index is 9.90. The quantitative estimate of drug-likeness (QED) is 0.897. The van der Waals surface area contributed by atoms with Gasteiger partial charge < -0.3 is 10.4 Å². The van der Waals surface area contributed by atoms with E-state index in [1.807, 2.05) is 12.1 Å². The summed E-state index contributed by atoms with van der Waals surface area (Å²) < 4.78 is 0. The lowest BCUT2D eigenvalue weighted by Crippen LogP contribution is -2.49. The smallest absolute Gasteiger partial charge is 0.138 e. The van der Waals surface area contributed by atoms with Crippen LogP contribution in [0.4, 0.5) is 0 Å². The summed E-state index contributed by atoms with van der Waals surface area (Å²) in [6.45, 7) is 9.73. The van der Waals surface area contributed by atoms with E-state index in [1.54, 1.807) is 6.07 Å². The van der Waals surface area contributed by atoms with Crippen LogP contribution >= 0.6 is 11.6 Å². The van der Waals surface area contributed by atoms with E-state index < -0.39 is 0 Å². The zero-order valence-corrected chi connectivity index (χ0v) is 13.4. The number of halogens is 1. The molecule has 1 heterocycles. The Morgan fingerprint density at radius 3 is 2.55 bits per heavy atom. The molecule has 0 bridgehead atoms. The Bertz CT molecular complexity index is 448. The second kappa shape index (κ2) is 6.33. The molecule has 1 aliphatic heterocycles. The van der Waals surface area contributed by atoms with Crippen LogP contribution < -0.4 is 5.32 Å². The zero-order valence-electron chi connectivity index (χ0n) is 12.6. The Hall–Kier alpha value is -0.770. The number of aromatic hydroxyl groups is 1. The first-order valence-corrected chi connectivity index (χ1v) is 7.70. The lowest BCUT2D eigenvalue weighted by molar-refractivity contribution is 0.0960. The van der Waals surface area contributed by atoms with Gasteiger partial charge in [-0.1, -0.05) is 23.7 Å². The molecule has 2 N–H and O–H groups in total. The van der Waals surface area contributed by atoms with E-state index in [2.05, 4.69) is 31.0 Å². The Labute approximate surface area is 126 Å². The molecule has 4 heteroatoms. The maximum Gasteiger partial charge on any atom is 0.138 e. The molecule has 0 atom stereocenters. The van der Waals surface area contributed by atoms with Gasteiger partial charge in [-0.3, -0.25) is 4.90 Å². The third-order valence-corrected chi connectivity index (χ3v) is 4.40. The summed E-state index contributed by atoms with van der Waals surface area (Å²) in [6.07, 6.45) is 2.30. The van der Waals surface area contributed by atoms with Gasteiger partial charge in [0, 0.05) is 36.8 Å². The fraction of sp³-hybridized carbons (Fsp3) is 0.625. The third-order valence-electron chi connectivity index (χ3n) is 4.10. The van der Waals surface area contributed by atoms with Crippen molar-refractivity contribution in [3.63, 3.8) is 0 Å². The van der Waals surface area contributed by atoms with Crippen molar-refractivity contribution in [3.8, 4) is 5.75 Å². The van der Waals surface area contributed by atoms with Crippen molar-refractivity contribution in [3.05, 3.63) is 28.8 Å². The molecule has 0 saturated carbocycles. The lowest BCUT2D eigenvalue weighted by atomic mass is 9.98. The highest BCUT2D eigenvalue weighted by molar-refractivity contribution is 6.32. The van der Waals surface area contributed by atoms with E-state index >= 15 is 0 Å².